The number of esters is 1. The monoisotopic (exact) mass is 281 g/mol. The van der Waals surface area contributed by atoms with Gasteiger partial charge < -0.3 is 15.3 Å². The van der Waals surface area contributed by atoms with Crippen LogP contribution < -0.4 is 5.73 Å². The molecule has 2 N–H and O–H groups in total. The molecule has 106 valence electrons. The highest BCUT2D eigenvalue weighted by Gasteiger charge is 2.17. The van der Waals surface area contributed by atoms with E-state index in [-0.39, 0.29) is 18.1 Å². The molecule has 1 rings (SSSR count). The fraction of sp³-hybridized carbons (Fsp3) is 0.182. The molecule has 0 heterocycles. The molecule has 0 bridgehead atoms. The number of benzene rings is 1. The normalized spacial score (nSPS) is 10.8. The van der Waals surface area contributed by atoms with E-state index in [9.17, 15) is 19.7 Å². The average Bonchev–Trinajstić information content (AvgIpc) is 2.44. The number of carbonyl (C=O) groups excluding carboxylic acids is 2. The van der Waals surface area contributed by atoms with Crippen LogP contribution >= 0.6 is 0 Å². The van der Waals surface area contributed by atoms with Crippen LogP contribution in [-0.4, -0.2) is 29.3 Å². The Hall–Kier alpha value is -2.97. The molecule has 0 aliphatic heterocycles. The van der Waals surface area contributed by atoms with Gasteiger partial charge in [-0.15, -0.1) is 0 Å². The van der Waals surface area contributed by atoms with Crippen molar-refractivity contribution in [3.05, 3.63) is 39.9 Å². The number of carbonyl (C=O) groups is 2. The topological polar surface area (TPSA) is 134 Å². The van der Waals surface area contributed by atoms with Crippen LogP contribution in [0.4, 0.5) is 5.69 Å². The Morgan fingerprint density at radius 3 is 2.40 bits per heavy atom. The minimum atomic E-state index is -1.31. The van der Waals surface area contributed by atoms with Crippen LogP contribution in [0.15, 0.2) is 29.4 Å². The fourth-order valence-electron chi connectivity index (χ4n) is 1.12. The number of rotatable bonds is 4. The highest BCUT2D eigenvalue weighted by atomic mass is 16.7. The fourth-order valence-corrected chi connectivity index (χ4v) is 1.12. The quantitative estimate of drug-likeness (QED) is 0.160. The van der Waals surface area contributed by atoms with Gasteiger partial charge >= 0.3 is 11.9 Å². The van der Waals surface area contributed by atoms with Crippen molar-refractivity contribution in [1.82, 2.24) is 0 Å². The predicted molar refractivity (Wildman–Crippen MR) is 66.5 cm³/mol. The number of hydrogen-bond acceptors (Lipinski definition) is 7. The summed E-state index contributed by atoms with van der Waals surface area (Å²) >= 11 is 0. The van der Waals surface area contributed by atoms with Crippen molar-refractivity contribution in [3.63, 3.8) is 0 Å². The minimum absolute atomic E-state index is 0.0233. The molecule has 0 fully saturated rings. The Balaban J connectivity index is 2.71. The van der Waals surface area contributed by atoms with Gasteiger partial charge in [0.25, 0.3) is 5.69 Å². The van der Waals surface area contributed by atoms with E-state index in [1.54, 1.807) is 0 Å². The summed E-state index contributed by atoms with van der Waals surface area (Å²) in [6.07, 6.45) is 0. The summed E-state index contributed by atoms with van der Waals surface area (Å²) in [6, 6.07) is 5.08. The van der Waals surface area contributed by atoms with Gasteiger partial charge in [-0.05, 0) is 19.1 Å². The number of oxime groups is 1. The zero-order valence-electron chi connectivity index (χ0n) is 10.4. The number of nitro groups is 1. The second kappa shape index (κ2) is 6.83. The second-order valence-corrected chi connectivity index (χ2v) is 3.38. The van der Waals surface area contributed by atoms with E-state index in [2.05, 4.69) is 14.7 Å². The summed E-state index contributed by atoms with van der Waals surface area (Å²) in [7, 11) is 0. The predicted octanol–water partition coefficient (Wildman–Crippen LogP) is 0.321. The van der Waals surface area contributed by atoms with Crippen LogP contribution in [0.25, 0.3) is 0 Å². The first kappa shape index (κ1) is 15.1. The van der Waals surface area contributed by atoms with Gasteiger partial charge in [-0.3, -0.25) is 10.1 Å². The Kier molecular flexibility index (Phi) is 5.15. The van der Waals surface area contributed by atoms with Gasteiger partial charge in [0.15, 0.2) is 5.84 Å². The smallest absolute Gasteiger partial charge is 0.443 e. The molecule has 0 saturated carbocycles. The number of hydrogen-bond donors (Lipinski definition) is 1. The second-order valence-electron chi connectivity index (χ2n) is 3.38. The Morgan fingerprint density at radius 2 is 1.90 bits per heavy atom. The molecular formula is C11H11N3O6. The number of ether oxygens (including phenoxy) is 1. The third-order valence-electron chi connectivity index (χ3n) is 2.04. The third kappa shape index (κ3) is 4.05. The van der Waals surface area contributed by atoms with Crippen molar-refractivity contribution in [2.75, 3.05) is 6.61 Å². The van der Waals surface area contributed by atoms with Gasteiger partial charge in [0.05, 0.1) is 11.5 Å². The molecule has 9 nitrogen and oxygen atoms in total. The van der Waals surface area contributed by atoms with Crippen LogP contribution in [0.5, 0.6) is 0 Å². The molecule has 20 heavy (non-hydrogen) atoms. The molecule has 1 aromatic carbocycles. The van der Waals surface area contributed by atoms with E-state index in [4.69, 9.17) is 5.73 Å². The van der Waals surface area contributed by atoms with Gasteiger partial charge in [-0.1, -0.05) is 5.16 Å². The van der Waals surface area contributed by atoms with Crippen LogP contribution in [0.1, 0.15) is 12.5 Å². The summed E-state index contributed by atoms with van der Waals surface area (Å²) in [5.41, 5.74) is 5.67. The van der Waals surface area contributed by atoms with E-state index < -0.39 is 16.9 Å². The van der Waals surface area contributed by atoms with Gasteiger partial charge in [-0.2, -0.15) is 0 Å². The molecule has 9 heteroatoms. The first-order chi connectivity index (χ1) is 9.45. The molecule has 0 aliphatic carbocycles. The van der Waals surface area contributed by atoms with Crippen molar-refractivity contribution < 1.29 is 24.1 Å². The highest BCUT2D eigenvalue weighted by molar-refractivity contribution is 6.29. The molecule has 0 aliphatic rings. The van der Waals surface area contributed by atoms with Crippen molar-refractivity contribution >= 4 is 23.5 Å². The molecule has 0 unspecified atom stereocenters. The Bertz CT molecular complexity index is 552. The molecular weight excluding hydrogens is 270 g/mol. The van der Waals surface area contributed by atoms with Crippen molar-refractivity contribution in [3.8, 4) is 0 Å². The Labute approximate surface area is 113 Å². The Morgan fingerprint density at radius 1 is 1.30 bits per heavy atom. The third-order valence-corrected chi connectivity index (χ3v) is 2.04. The van der Waals surface area contributed by atoms with Crippen LogP contribution in [0.3, 0.4) is 0 Å². The lowest BCUT2D eigenvalue weighted by molar-refractivity contribution is -0.384. The summed E-state index contributed by atoms with van der Waals surface area (Å²) in [5, 5.41) is 13.7. The SMILES string of the molecule is CCOC(=O)C(=O)O/N=C(\N)c1ccc([N+](=O)[O-])cc1. The summed E-state index contributed by atoms with van der Waals surface area (Å²) in [4.78, 5) is 36.1. The largest absolute Gasteiger partial charge is 0.458 e. The van der Waals surface area contributed by atoms with Crippen LogP contribution in [-0.2, 0) is 19.2 Å². The molecule has 0 radical (unpaired) electrons. The zero-order valence-corrected chi connectivity index (χ0v) is 10.4. The van der Waals surface area contributed by atoms with Gasteiger partial charge in [-0.25, -0.2) is 9.59 Å². The van der Waals surface area contributed by atoms with Crippen molar-refractivity contribution in [2.45, 2.75) is 6.92 Å². The minimum Gasteiger partial charge on any atom is -0.458 e. The van der Waals surface area contributed by atoms with E-state index >= 15 is 0 Å². The van der Waals surface area contributed by atoms with Crippen LogP contribution in [0.2, 0.25) is 0 Å². The van der Waals surface area contributed by atoms with Gasteiger partial charge in [0, 0.05) is 17.7 Å². The molecule has 1 aromatic rings. The first-order valence-electron chi connectivity index (χ1n) is 5.42. The number of nitrogens with two attached hydrogens (primary N) is 1. The maximum atomic E-state index is 11.1. The van der Waals surface area contributed by atoms with Crippen LogP contribution in [0, 0.1) is 10.1 Å². The maximum absolute atomic E-state index is 11.1. The molecule has 0 spiro atoms. The number of amidine groups is 1. The highest BCUT2D eigenvalue weighted by Crippen LogP contribution is 2.11. The van der Waals surface area contributed by atoms with Crippen molar-refractivity contribution in [1.29, 1.82) is 0 Å². The molecule has 0 saturated heterocycles. The standard InChI is InChI=1S/C11H11N3O6/c1-2-19-10(15)11(16)20-13-9(12)7-3-5-8(6-4-7)14(17)18/h3-6H,2H2,1H3,(H2,12,13). The summed E-state index contributed by atoms with van der Waals surface area (Å²) in [6.45, 7) is 1.55. The lowest BCUT2D eigenvalue weighted by atomic mass is 10.2. The maximum Gasteiger partial charge on any atom is 0.443 e. The molecule has 0 aromatic heterocycles. The number of nitro benzene ring substituents is 1. The van der Waals surface area contributed by atoms with E-state index in [0.717, 1.165) is 0 Å². The summed E-state index contributed by atoms with van der Waals surface area (Å²) in [5.74, 6) is -2.71. The van der Waals surface area contributed by atoms with Gasteiger partial charge in [0.1, 0.15) is 0 Å². The van der Waals surface area contributed by atoms with E-state index in [1.807, 2.05) is 0 Å². The lowest BCUT2D eigenvalue weighted by Gasteiger charge is -2.01. The number of nitrogens with zero attached hydrogens (tertiary/aromatic N) is 2. The van der Waals surface area contributed by atoms with E-state index in [1.165, 1.54) is 31.2 Å². The molecule has 0 atom stereocenters. The zero-order chi connectivity index (χ0) is 15.1. The average molecular weight is 281 g/mol. The number of non-ortho nitro benzene ring substituents is 1. The summed E-state index contributed by atoms with van der Waals surface area (Å²) < 4.78 is 4.39. The first-order valence-corrected chi connectivity index (χ1v) is 5.42. The van der Waals surface area contributed by atoms with E-state index in [0.29, 0.717) is 5.56 Å². The molecule has 0 amide bonds. The lowest BCUT2D eigenvalue weighted by Crippen LogP contribution is -2.21. The van der Waals surface area contributed by atoms with Gasteiger partial charge in [0.2, 0.25) is 0 Å². The van der Waals surface area contributed by atoms with Crippen molar-refractivity contribution in [2.24, 2.45) is 10.9 Å².